The molecule has 25 atom stereocenters. The Morgan fingerprint density at radius 1 is 0.458 bits per heavy atom. The van der Waals surface area contributed by atoms with E-state index in [2.05, 4.69) is 25.5 Å². The second-order valence-electron chi connectivity index (χ2n) is 17.5. The second kappa shape index (κ2) is 25.6. The van der Waals surface area contributed by atoms with Crippen LogP contribution in [0.2, 0.25) is 0 Å². The maximum absolute atomic E-state index is 12.7. The van der Waals surface area contributed by atoms with Gasteiger partial charge in [-0.3, -0.25) is 23.7 Å². The first kappa shape index (κ1) is 59.8. The van der Waals surface area contributed by atoms with Gasteiger partial charge in [0, 0.05) is 27.7 Å². The fourth-order valence-corrected chi connectivity index (χ4v) is 9.15. The van der Waals surface area contributed by atoms with E-state index in [4.69, 9.17) is 48.4 Å². The standard InChI is InChI=1S/C38H65N5O28S/c1-10(48)40-20-26(54)33(18(63-34(20)58)9-62-72(59,60)61)71-38-23(43-13(4)51)29(57)32(17(8-47)67-38)70-37-22(42-12(3)50)28(56)31(16(7-46)66-37)69-36-21(41-11(2)49)27(55)30(15(6-45)65-36)68-35-19(39)25(53)24(52)14(5-44)64-35/h14-38,44-47,52-58H,5-9,39H2,1-4H3,(H,40,48)(H,41,49)(H,42,50)(H,43,51)(H,59,60,61). The largest absolute Gasteiger partial charge is 0.397 e. The minimum Gasteiger partial charge on any atom is -0.394 e. The SMILES string of the molecule is CC(=O)NC1C(O)OC(COS(=O)(=O)O)C(OC2OC(CO)C(OC3OC(CO)C(OC4OC(CO)C(OC5OC(CO)C(O)C(O)C5N)C(O)C4NC(C)=O)C(O)C3NC(C)=O)C(O)C2NC(C)=O)C1O. The van der Waals surface area contributed by atoms with Gasteiger partial charge in [0.1, 0.15) is 116 Å². The number of ether oxygens (including phenoxy) is 9. The molecule has 18 N–H and O–H groups in total. The van der Waals surface area contributed by atoms with Gasteiger partial charge in [0.2, 0.25) is 23.6 Å². The lowest BCUT2D eigenvalue weighted by Crippen LogP contribution is -2.72. The molecule has 5 aliphatic heterocycles. The first-order valence-corrected chi connectivity index (χ1v) is 23.7. The molecule has 0 bridgehead atoms. The summed E-state index contributed by atoms with van der Waals surface area (Å²) in [4.78, 5) is 49.6. The first-order valence-electron chi connectivity index (χ1n) is 22.3. The van der Waals surface area contributed by atoms with Gasteiger partial charge in [0.05, 0.1) is 39.1 Å². The van der Waals surface area contributed by atoms with Gasteiger partial charge in [-0.25, -0.2) is 4.18 Å². The lowest BCUT2D eigenvalue weighted by Gasteiger charge is -2.51. The third-order valence-corrected chi connectivity index (χ3v) is 12.6. The van der Waals surface area contributed by atoms with Crippen LogP contribution in [0.15, 0.2) is 0 Å². The maximum Gasteiger partial charge on any atom is 0.397 e. The lowest BCUT2D eigenvalue weighted by atomic mass is 9.93. The van der Waals surface area contributed by atoms with Gasteiger partial charge in [0.25, 0.3) is 0 Å². The van der Waals surface area contributed by atoms with E-state index in [-0.39, 0.29) is 0 Å². The number of aliphatic hydroxyl groups excluding tert-OH is 11. The van der Waals surface area contributed by atoms with Crippen LogP contribution in [-0.2, 0) is 76.4 Å². The molecule has 72 heavy (non-hydrogen) atoms. The number of amides is 4. The molecule has 0 aromatic heterocycles. The zero-order valence-electron chi connectivity index (χ0n) is 38.9. The van der Waals surface area contributed by atoms with E-state index in [0.29, 0.717) is 0 Å². The van der Waals surface area contributed by atoms with Crippen molar-refractivity contribution in [1.82, 2.24) is 21.3 Å². The molecule has 416 valence electrons. The highest BCUT2D eigenvalue weighted by Crippen LogP contribution is 2.36. The Kier molecular flexibility index (Phi) is 21.3. The average Bonchev–Trinajstić information content (AvgIpc) is 3.30. The van der Waals surface area contributed by atoms with E-state index in [1.807, 2.05) is 0 Å². The fourth-order valence-electron chi connectivity index (χ4n) is 8.84. The van der Waals surface area contributed by atoms with Crippen LogP contribution in [0.1, 0.15) is 27.7 Å². The monoisotopic (exact) mass is 1070 g/mol. The van der Waals surface area contributed by atoms with E-state index < -0.39 is 220 Å². The number of carbonyl (C=O) groups excluding carboxylic acids is 4. The first-order chi connectivity index (χ1) is 33.7. The van der Waals surface area contributed by atoms with Crippen molar-refractivity contribution in [1.29, 1.82) is 0 Å². The van der Waals surface area contributed by atoms with Crippen LogP contribution in [0.4, 0.5) is 0 Å². The number of hydrogen-bond acceptors (Lipinski definition) is 28. The number of nitrogens with one attached hydrogen (secondary N) is 4. The van der Waals surface area contributed by atoms with Crippen LogP contribution in [0.25, 0.3) is 0 Å². The number of rotatable bonds is 19. The Balaban J connectivity index is 1.40. The molecule has 0 aromatic carbocycles. The molecule has 25 unspecified atom stereocenters. The molecule has 4 amide bonds. The van der Waals surface area contributed by atoms with Crippen molar-refractivity contribution in [2.75, 3.05) is 33.0 Å². The highest BCUT2D eigenvalue weighted by Gasteiger charge is 2.57. The van der Waals surface area contributed by atoms with Crippen molar-refractivity contribution in [3.8, 4) is 0 Å². The Bertz CT molecular complexity index is 1930. The van der Waals surface area contributed by atoms with Crippen molar-refractivity contribution in [2.45, 2.75) is 181 Å². The summed E-state index contributed by atoms with van der Waals surface area (Å²) in [5.74, 6) is -3.27. The summed E-state index contributed by atoms with van der Waals surface area (Å²) in [6.45, 7) is -0.875. The molecule has 34 heteroatoms. The second-order valence-corrected chi connectivity index (χ2v) is 18.6. The molecule has 33 nitrogen and oxygen atoms in total. The Labute approximate surface area is 409 Å². The van der Waals surface area contributed by atoms with E-state index in [1.165, 1.54) is 0 Å². The van der Waals surface area contributed by atoms with Crippen LogP contribution >= 0.6 is 0 Å². The molecule has 5 aliphatic rings. The van der Waals surface area contributed by atoms with Crippen LogP contribution in [-0.4, -0.2) is 279 Å². The quantitative estimate of drug-likeness (QED) is 0.0534. The molecular weight excluding hydrogens is 1010 g/mol. The highest BCUT2D eigenvalue weighted by molar-refractivity contribution is 7.80. The van der Waals surface area contributed by atoms with Crippen LogP contribution in [0, 0.1) is 0 Å². The summed E-state index contributed by atoms with van der Waals surface area (Å²) in [5.41, 5.74) is 6.01. The molecule has 0 aromatic rings. The van der Waals surface area contributed by atoms with E-state index >= 15 is 0 Å². The summed E-state index contributed by atoms with van der Waals surface area (Å²) in [6, 6.07) is -8.34. The molecule has 5 fully saturated rings. The van der Waals surface area contributed by atoms with Gasteiger partial charge >= 0.3 is 10.4 Å². The third kappa shape index (κ3) is 14.2. The van der Waals surface area contributed by atoms with Gasteiger partial charge in [-0.1, -0.05) is 0 Å². The van der Waals surface area contributed by atoms with Gasteiger partial charge in [-0.2, -0.15) is 8.42 Å². The van der Waals surface area contributed by atoms with Gasteiger partial charge < -0.3 is 126 Å². The predicted molar refractivity (Wildman–Crippen MR) is 225 cm³/mol. The van der Waals surface area contributed by atoms with Crippen molar-refractivity contribution in [3.05, 3.63) is 0 Å². The molecule has 0 aliphatic carbocycles. The minimum absolute atomic E-state index is 0.784. The van der Waals surface area contributed by atoms with Crippen molar-refractivity contribution in [3.63, 3.8) is 0 Å². The fraction of sp³-hybridized carbons (Fsp3) is 0.895. The number of carbonyl (C=O) groups is 4. The summed E-state index contributed by atoms with van der Waals surface area (Å²) in [6.07, 6.45) is -36.2. The molecule has 5 saturated heterocycles. The molecule has 0 spiro atoms. The molecule has 5 heterocycles. The zero-order valence-corrected chi connectivity index (χ0v) is 39.7. The summed E-state index contributed by atoms with van der Waals surface area (Å²) < 4.78 is 89.0. The number of hydrogen-bond donors (Lipinski definition) is 17. The van der Waals surface area contributed by atoms with E-state index in [9.17, 15) is 88.3 Å². The lowest BCUT2D eigenvalue weighted by molar-refractivity contribution is -0.367. The van der Waals surface area contributed by atoms with Crippen molar-refractivity contribution >= 4 is 34.0 Å². The Hall–Kier alpha value is -3.09. The van der Waals surface area contributed by atoms with Gasteiger partial charge in [-0.05, 0) is 0 Å². The Morgan fingerprint density at radius 3 is 1.10 bits per heavy atom. The van der Waals surface area contributed by atoms with Crippen LogP contribution in [0.5, 0.6) is 0 Å². The van der Waals surface area contributed by atoms with Crippen molar-refractivity contribution in [2.24, 2.45) is 5.73 Å². The Morgan fingerprint density at radius 2 is 0.764 bits per heavy atom. The summed E-state index contributed by atoms with van der Waals surface area (Å²) >= 11 is 0. The van der Waals surface area contributed by atoms with Crippen LogP contribution in [0.3, 0.4) is 0 Å². The third-order valence-electron chi connectivity index (χ3n) is 12.2. The van der Waals surface area contributed by atoms with Crippen LogP contribution < -0.4 is 27.0 Å². The zero-order chi connectivity index (χ0) is 53.7. The average molecular weight is 1070 g/mol. The maximum atomic E-state index is 12.7. The molecular formula is C38H65N5O28S. The highest BCUT2D eigenvalue weighted by atomic mass is 32.3. The van der Waals surface area contributed by atoms with Gasteiger partial charge in [-0.15, -0.1) is 0 Å². The van der Waals surface area contributed by atoms with E-state index in [0.717, 1.165) is 27.7 Å². The topological polar surface area (TPSA) is 512 Å². The van der Waals surface area contributed by atoms with E-state index in [1.54, 1.807) is 0 Å². The number of nitrogens with two attached hydrogens (primary N) is 1. The summed E-state index contributed by atoms with van der Waals surface area (Å²) in [7, 11) is -5.17. The molecule has 0 radical (unpaired) electrons. The predicted octanol–water partition coefficient (Wildman–Crippen LogP) is -11.6. The van der Waals surface area contributed by atoms with Gasteiger partial charge in [0.15, 0.2) is 31.5 Å². The smallest absolute Gasteiger partial charge is 0.394 e. The minimum atomic E-state index is -5.17. The van der Waals surface area contributed by atoms with Crippen molar-refractivity contribution < 1.29 is 135 Å². The normalized spacial score (nSPS) is 43.8. The molecule has 5 rings (SSSR count). The summed E-state index contributed by atoms with van der Waals surface area (Å²) in [5, 5.41) is 129. The number of aliphatic hydroxyl groups is 11. The molecule has 0 saturated carbocycles.